The second-order valence-electron chi connectivity index (χ2n) is 4.36. The molecule has 0 atom stereocenters. The summed E-state index contributed by atoms with van der Waals surface area (Å²) in [6.07, 6.45) is 0. The molecule has 100 valence electrons. The highest BCUT2D eigenvalue weighted by Crippen LogP contribution is 2.22. The standard InChI is InChI=1S/C15H16FNO2/c1-17(9-10-19-2)15(18)13-7-8-14(16)12-6-4-3-5-11(12)13/h3-8H,9-10H2,1-2H3. The molecule has 4 heteroatoms. The van der Waals surface area contributed by atoms with Gasteiger partial charge in [-0.2, -0.15) is 0 Å². The second kappa shape index (κ2) is 5.80. The molecule has 0 saturated carbocycles. The van der Waals surface area contributed by atoms with Crippen molar-refractivity contribution < 1.29 is 13.9 Å². The first kappa shape index (κ1) is 13.5. The second-order valence-corrected chi connectivity index (χ2v) is 4.36. The summed E-state index contributed by atoms with van der Waals surface area (Å²) in [6.45, 7) is 0.975. The van der Waals surface area contributed by atoms with Crippen LogP contribution >= 0.6 is 0 Å². The van der Waals surface area contributed by atoms with E-state index in [0.717, 1.165) is 0 Å². The zero-order valence-electron chi connectivity index (χ0n) is 11.0. The smallest absolute Gasteiger partial charge is 0.254 e. The molecule has 0 bridgehead atoms. The van der Waals surface area contributed by atoms with Crippen molar-refractivity contribution in [2.45, 2.75) is 0 Å². The lowest BCUT2D eigenvalue weighted by Crippen LogP contribution is -2.30. The van der Waals surface area contributed by atoms with Crippen LogP contribution in [-0.4, -0.2) is 38.1 Å². The number of carbonyl (C=O) groups excluding carboxylic acids is 1. The van der Waals surface area contributed by atoms with Crippen molar-refractivity contribution in [3.8, 4) is 0 Å². The minimum Gasteiger partial charge on any atom is -0.383 e. The third-order valence-electron chi connectivity index (χ3n) is 3.08. The monoisotopic (exact) mass is 261 g/mol. The van der Waals surface area contributed by atoms with Gasteiger partial charge in [0, 0.05) is 31.7 Å². The molecule has 2 aromatic carbocycles. The number of hydrogen-bond acceptors (Lipinski definition) is 2. The van der Waals surface area contributed by atoms with Crippen LogP contribution in [0.4, 0.5) is 4.39 Å². The molecule has 0 aliphatic rings. The Morgan fingerprint density at radius 3 is 2.58 bits per heavy atom. The zero-order valence-corrected chi connectivity index (χ0v) is 11.0. The maximum Gasteiger partial charge on any atom is 0.254 e. The number of methoxy groups -OCH3 is 1. The summed E-state index contributed by atoms with van der Waals surface area (Å²) in [6, 6.07) is 9.86. The molecule has 0 spiro atoms. The molecule has 0 heterocycles. The van der Waals surface area contributed by atoms with Gasteiger partial charge in [0.2, 0.25) is 0 Å². The summed E-state index contributed by atoms with van der Waals surface area (Å²) in [5.74, 6) is -0.444. The Morgan fingerprint density at radius 1 is 1.21 bits per heavy atom. The highest BCUT2D eigenvalue weighted by atomic mass is 19.1. The molecule has 0 radical (unpaired) electrons. The Bertz CT molecular complexity index is 598. The topological polar surface area (TPSA) is 29.5 Å². The quantitative estimate of drug-likeness (QED) is 0.847. The van der Waals surface area contributed by atoms with Crippen molar-refractivity contribution in [1.82, 2.24) is 4.90 Å². The van der Waals surface area contributed by atoms with Crippen molar-refractivity contribution in [3.05, 3.63) is 47.8 Å². The Balaban J connectivity index is 2.40. The first-order valence-electron chi connectivity index (χ1n) is 6.07. The Labute approximate surface area is 111 Å². The Morgan fingerprint density at radius 2 is 1.89 bits per heavy atom. The van der Waals surface area contributed by atoms with Crippen LogP contribution in [-0.2, 0) is 4.74 Å². The molecule has 1 amide bonds. The molecule has 0 saturated heterocycles. The van der Waals surface area contributed by atoms with Crippen molar-refractivity contribution in [2.24, 2.45) is 0 Å². The molecule has 0 aliphatic carbocycles. The first-order chi connectivity index (χ1) is 9.15. The Kier molecular flexibility index (Phi) is 4.12. The van der Waals surface area contributed by atoms with Crippen LogP contribution < -0.4 is 0 Å². The minimum absolute atomic E-state index is 0.131. The number of fused-ring (bicyclic) bond motifs is 1. The largest absolute Gasteiger partial charge is 0.383 e. The van der Waals surface area contributed by atoms with Gasteiger partial charge in [0.1, 0.15) is 5.82 Å². The average molecular weight is 261 g/mol. The van der Waals surface area contributed by atoms with Crippen LogP contribution in [0.25, 0.3) is 10.8 Å². The molecule has 0 fully saturated rings. The van der Waals surface area contributed by atoms with Gasteiger partial charge in [-0.3, -0.25) is 4.79 Å². The summed E-state index contributed by atoms with van der Waals surface area (Å²) in [5.41, 5.74) is 0.510. The van der Waals surface area contributed by atoms with E-state index in [4.69, 9.17) is 4.74 Å². The van der Waals surface area contributed by atoms with Crippen LogP contribution in [0.3, 0.4) is 0 Å². The average Bonchev–Trinajstić information content (AvgIpc) is 2.45. The number of amides is 1. The summed E-state index contributed by atoms with van der Waals surface area (Å²) in [4.78, 5) is 13.9. The van der Waals surface area contributed by atoms with E-state index in [-0.39, 0.29) is 11.7 Å². The lowest BCUT2D eigenvalue weighted by atomic mass is 10.0. The van der Waals surface area contributed by atoms with Crippen molar-refractivity contribution in [1.29, 1.82) is 0 Å². The van der Waals surface area contributed by atoms with Crippen molar-refractivity contribution in [2.75, 3.05) is 27.3 Å². The van der Waals surface area contributed by atoms with E-state index >= 15 is 0 Å². The predicted octanol–water partition coefficient (Wildman–Crippen LogP) is 2.70. The minimum atomic E-state index is -0.313. The molecule has 0 N–H and O–H groups in total. The normalized spacial score (nSPS) is 10.7. The molecule has 2 rings (SSSR count). The molecular weight excluding hydrogens is 245 g/mol. The molecule has 2 aromatic rings. The summed E-state index contributed by atoms with van der Waals surface area (Å²) in [5, 5.41) is 1.10. The van der Waals surface area contributed by atoms with Crippen LogP contribution in [0, 0.1) is 5.82 Å². The zero-order chi connectivity index (χ0) is 13.8. The van der Waals surface area contributed by atoms with Gasteiger partial charge in [0.25, 0.3) is 5.91 Å². The number of likely N-dealkylation sites (N-methyl/N-ethyl adjacent to an activating group) is 1. The van der Waals surface area contributed by atoms with Crippen molar-refractivity contribution >= 4 is 16.7 Å². The number of nitrogens with zero attached hydrogens (tertiary/aromatic N) is 1. The van der Waals surface area contributed by atoms with E-state index < -0.39 is 0 Å². The number of halogens is 1. The lowest BCUT2D eigenvalue weighted by molar-refractivity contribution is 0.0746. The van der Waals surface area contributed by atoms with Gasteiger partial charge in [-0.25, -0.2) is 4.39 Å². The van der Waals surface area contributed by atoms with Crippen LogP contribution in [0.2, 0.25) is 0 Å². The van der Waals surface area contributed by atoms with Gasteiger partial charge < -0.3 is 9.64 Å². The van der Waals surface area contributed by atoms with E-state index in [1.165, 1.54) is 12.1 Å². The third-order valence-corrected chi connectivity index (χ3v) is 3.08. The van der Waals surface area contributed by atoms with Gasteiger partial charge in [0.15, 0.2) is 0 Å². The highest BCUT2D eigenvalue weighted by Gasteiger charge is 2.15. The van der Waals surface area contributed by atoms with Gasteiger partial charge in [0.05, 0.1) is 6.61 Å². The van der Waals surface area contributed by atoms with Gasteiger partial charge >= 0.3 is 0 Å². The number of hydrogen-bond donors (Lipinski definition) is 0. The summed E-state index contributed by atoms with van der Waals surface area (Å²) < 4.78 is 18.6. The number of carbonyl (C=O) groups is 1. The molecule has 0 aromatic heterocycles. The Hall–Kier alpha value is -1.94. The van der Waals surface area contributed by atoms with E-state index in [1.807, 2.05) is 0 Å². The van der Waals surface area contributed by atoms with Gasteiger partial charge in [-0.15, -0.1) is 0 Å². The lowest BCUT2D eigenvalue weighted by Gasteiger charge is -2.17. The fourth-order valence-electron chi connectivity index (χ4n) is 1.98. The highest BCUT2D eigenvalue weighted by molar-refractivity contribution is 6.07. The van der Waals surface area contributed by atoms with E-state index in [1.54, 1.807) is 43.3 Å². The van der Waals surface area contributed by atoms with Gasteiger partial charge in [-0.05, 0) is 17.5 Å². The van der Waals surface area contributed by atoms with E-state index in [2.05, 4.69) is 0 Å². The number of benzene rings is 2. The first-order valence-corrected chi connectivity index (χ1v) is 6.07. The van der Waals surface area contributed by atoms with Crippen LogP contribution in [0.15, 0.2) is 36.4 Å². The van der Waals surface area contributed by atoms with Crippen molar-refractivity contribution in [3.63, 3.8) is 0 Å². The number of rotatable bonds is 4. The van der Waals surface area contributed by atoms with E-state index in [0.29, 0.717) is 29.5 Å². The van der Waals surface area contributed by atoms with Crippen LogP contribution in [0.1, 0.15) is 10.4 Å². The fraction of sp³-hybridized carbons (Fsp3) is 0.267. The van der Waals surface area contributed by atoms with Gasteiger partial charge in [-0.1, -0.05) is 24.3 Å². The fourth-order valence-corrected chi connectivity index (χ4v) is 1.98. The summed E-state index contributed by atoms with van der Waals surface area (Å²) >= 11 is 0. The number of ether oxygens (including phenoxy) is 1. The summed E-state index contributed by atoms with van der Waals surface area (Å²) in [7, 11) is 3.30. The molecule has 3 nitrogen and oxygen atoms in total. The SMILES string of the molecule is COCCN(C)C(=O)c1ccc(F)c2ccccc12. The molecule has 19 heavy (non-hydrogen) atoms. The molecular formula is C15H16FNO2. The predicted molar refractivity (Wildman–Crippen MR) is 72.7 cm³/mol. The third kappa shape index (κ3) is 2.74. The van der Waals surface area contributed by atoms with E-state index in [9.17, 15) is 9.18 Å². The maximum atomic E-state index is 13.7. The molecule has 0 aliphatic heterocycles. The maximum absolute atomic E-state index is 13.7. The van der Waals surface area contributed by atoms with Crippen LogP contribution in [0.5, 0.6) is 0 Å². The molecule has 0 unspecified atom stereocenters.